The van der Waals surface area contributed by atoms with E-state index >= 15 is 0 Å². The Morgan fingerprint density at radius 1 is 1.50 bits per heavy atom. The summed E-state index contributed by atoms with van der Waals surface area (Å²) in [5.41, 5.74) is 0. The Kier molecular flexibility index (Phi) is 3.48. The summed E-state index contributed by atoms with van der Waals surface area (Å²) >= 11 is 1.41. The van der Waals surface area contributed by atoms with E-state index in [1.165, 1.54) is 11.3 Å². The van der Waals surface area contributed by atoms with Gasteiger partial charge in [0.2, 0.25) is 10.0 Å². The number of carboxylic acid groups (broad SMARTS) is 1. The molecule has 1 N–H and O–H groups in total. The molecule has 1 aromatic rings. The van der Waals surface area contributed by atoms with Crippen molar-refractivity contribution in [3.63, 3.8) is 0 Å². The van der Waals surface area contributed by atoms with Crippen LogP contribution >= 0.6 is 11.3 Å². The van der Waals surface area contributed by atoms with Crippen LogP contribution in [0.3, 0.4) is 0 Å². The number of aryl methyl sites for hydroxylation is 2. The van der Waals surface area contributed by atoms with E-state index < -0.39 is 22.0 Å². The quantitative estimate of drug-likeness (QED) is 0.917. The average molecular weight is 289 g/mol. The lowest BCUT2D eigenvalue weighted by Crippen LogP contribution is -2.40. The molecule has 2 heterocycles. The molecule has 1 saturated heterocycles. The average Bonchev–Trinajstić information content (AvgIpc) is 2.84. The normalized spacial score (nSPS) is 21.3. The number of hydrogen-bond donors (Lipinski definition) is 1. The van der Waals surface area contributed by atoms with Gasteiger partial charge in [-0.25, -0.2) is 8.42 Å². The van der Waals surface area contributed by atoms with Crippen molar-refractivity contribution in [1.82, 2.24) is 4.31 Å². The summed E-state index contributed by atoms with van der Waals surface area (Å²) in [4.78, 5) is 13.0. The van der Waals surface area contributed by atoms with Gasteiger partial charge in [0, 0.05) is 16.3 Å². The first-order valence-corrected chi connectivity index (χ1v) is 7.91. The molecule has 5 nitrogen and oxygen atoms in total. The van der Waals surface area contributed by atoms with Crippen LogP contribution in [-0.4, -0.2) is 36.4 Å². The van der Waals surface area contributed by atoms with E-state index in [4.69, 9.17) is 5.11 Å². The van der Waals surface area contributed by atoms with Crippen molar-refractivity contribution in [2.75, 3.05) is 6.54 Å². The maximum atomic E-state index is 12.5. The Morgan fingerprint density at radius 2 is 2.17 bits per heavy atom. The van der Waals surface area contributed by atoms with E-state index in [1.807, 2.05) is 6.92 Å². The van der Waals surface area contributed by atoms with E-state index in [2.05, 4.69) is 0 Å². The second-order valence-corrected chi connectivity index (χ2v) is 7.71. The molecule has 0 bridgehead atoms. The summed E-state index contributed by atoms with van der Waals surface area (Å²) in [5.74, 6) is -1.07. The zero-order valence-electron chi connectivity index (χ0n) is 10.2. The smallest absolute Gasteiger partial charge is 0.322 e. The monoisotopic (exact) mass is 289 g/mol. The summed E-state index contributed by atoms with van der Waals surface area (Å²) in [6.45, 7) is 3.87. The maximum absolute atomic E-state index is 12.5. The number of thiophene rings is 1. The Labute approximate surface area is 110 Å². The van der Waals surface area contributed by atoms with Crippen molar-refractivity contribution < 1.29 is 18.3 Å². The lowest BCUT2D eigenvalue weighted by Gasteiger charge is -2.20. The SMILES string of the molecule is Cc1cc(S(=O)(=O)N2CCC[C@@H]2C(=O)O)c(C)s1. The van der Waals surface area contributed by atoms with Crippen LogP contribution in [-0.2, 0) is 14.8 Å². The van der Waals surface area contributed by atoms with E-state index in [9.17, 15) is 13.2 Å². The standard InChI is InChI=1S/C11H15NO4S2/c1-7-6-10(8(2)17-7)18(15,16)12-5-3-4-9(12)11(13)14/h6,9H,3-5H2,1-2H3,(H,13,14)/t9-/m1/s1. The number of aliphatic carboxylic acids is 1. The zero-order valence-corrected chi connectivity index (χ0v) is 11.8. The van der Waals surface area contributed by atoms with Gasteiger partial charge >= 0.3 is 5.97 Å². The third-order valence-corrected chi connectivity index (χ3v) is 6.20. The number of nitrogens with zero attached hydrogens (tertiary/aromatic N) is 1. The third kappa shape index (κ3) is 2.17. The molecule has 2 rings (SSSR count). The van der Waals surface area contributed by atoms with Crippen LogP contribution in [0.15, 0.2) is 11.0 Å². The highest BCUT2D eigenvalue weighted by Crippen LogP contribution is 2.31. The second kappa shape index (κ2) is 4.64. The molecule has 0 aromatic carbocycles. The molecule has 0 spiro atoms. The van der Waals surface area contributed by atoms with E-state index in [0.29, 0.717) is 17.7 Å². The largest absolute Gasteiger partial charge is 0.480 e. The predicted octanol–water partition coefficient (Wildman–Crippen LogP) is 1.60. The van der Waals surface area contributed by atoms with Gasteiger partial charge in [-0.3, -0.25) is 4.79 Å². The van der Waals surface area contributed by atoms with Crippen molar-refractivity contribution in [2.24, 2.45) is 0 Å². The molecule has 1 aromatic heterocycles. The second-order valence-electron chi connectivity index (χ2n) is 4.39. The van der Waals surface area contributed by atoms with Crippen LogP contribution in [0.1, 0.15) is 22.6 Å². The highest BCUT2D eigenvalue weighted by molar-refractivity contribution is 7.89. The molecule has 0 amide bonds. The van der Waals surface area contributed by atoms with E-state index in [0.717, 1.165) is 9.18 Å². The summed E-state index contributed by atoms with van der Waals surface area (Å²) < 4.78 is 26.0. The lowest BCUT2D eigenvalue weighted by molar-refractivity contribution is -0.140. The zero-order chi connectivity index (χ0) is 13.5. The molecule has 18 heavy (non-hydrogen) atoms. The van der Waals surface area contributed by atoms with E-state index in [-0.39, 0.29) is 11.4 Å². The molecule has 0 radical (unpaired) electrons. The molecular weight excluding hydrogens is 274 g/mol. The number of hydrogen-bond acceptors (Lipinski definition) is 4. The first kappa shape index (κ1) is 13.5. The lowest BCUT2D eigenvalue weighted by atomic mass is 10.2. The van der Waals surface area contributed by atoms with Gasteiger partial charge in [0.15, 0.2) is 0 Å². The van der Waals surface area contributed by atoms with Gasteiger partial charge in [0.1, 0.15) is 6.04 Å². The van der Waals surface area contributed by atoms with Crippen molar-refractivity contribution >= 4 is 27.3 Å². The van der Waals surface area contributed by atoms with E-state index in [1.54, 1.807) is 13.0 Å². The van der Waals surface area contributed by atoms with Gasteiger partial charge in [0.05, 0.1) is 4.90 Å². The van der Waals surface area contributed by atoms with Gasteiger partial charge in [-0.05, 0) is 32.8 Å². The Balaban J connectivity index is 2.43. The molecule has 1 aliphatic heterocycles. The van der Waals surface area contributed by atoms with Crippen LogP contribution in [0, 0.1) is 13.8 Å². The molecule has 0 aliphatic carbocycles. The maximum Gasteiger partial charge on any atom is 0.322 e. The minimum absolute atomic E-state index is 0.248. The Bertz CT molecular complexity index is 576. The number of carbonyl (C=O) groups is 1. The van der Waals surface area contributed by atoms with Crippen LogP contribution in [0.25, 0.3) is 0 Å². The van der Waals surface area contributed by atoms with Gasteiger partial charge < -0.3 is 5.11 Å². The first-order chi connectivity index (χ1) is 8.34. The molecule has 7 heteroatoms. The third-order valence-electron chi connectivity index (χ3n) is 3.07. The highest BCUT2D eigenvalue weighted by Gasteiger charge is 2.40. The van der Waals surface area contributed by atoms with Crippen molar-refractivity contribution in [3.05, 3.63) is 15.8 Å². The fraction of sp³-hybridized carbons (Fsp3) is 0.545. The molecule has 1 aliphatic rings. The van der Waals surface area contributed by atoms with Crippen LogP contribution in [0.5, 0.6) is 0 Å². The van der Waals surface area contributed by atoms with Crippen LogP contribution in [0.4, 0.5) is 0 Å². The number of carboxylic acids is 1. The minimum atomic E-state index is -3.68. The van der Waals surface area contributed by atoms with Gasteiger partial charge in [-0.15, -0.1) is 11.3 Å². The topological polar surface area (TPSA) is 74.7 Å². The fourth-order valence-electron chi connectivity index (χ4n) is 2.26. The summed E-state index contributed by atoms with van der Waals surface area (Å²) in [7, 11) is -3.68. The fourth-order valence-corrected chi connectivity index (χ4v) is 5.44. The minimum Gasteiger partial charge on any atom is -0.480 e. The molecule has 1 atom stereocenters. The van der Waals surface area contributed by atoms with Gasteiger partial charge in [-0.1, -0.05) is 0 Å². The van der Waals surface area contributed by atoms with Crippen molar-refractivity contribution in [1.29, 1.82) is 0 Å². The highest BCUT2D eigenvalue weighted by atomic mass is 32.2. The first-order valence-electron chi connectivity index (χ1n) is 5.65. The van der Waals surface area contributed by atoms with Gasteiger partial charge in [-0.2, -0.15) is 4.31 Å². The molecule has 1 fully saturated rings. The Morgan fingerprint density at radius 3 is 2.67 bits per heavy atom. The summed E-state index contributed by atoms with van der Waals surface area (Å²) in [6.07, 6.45) is 0.981. The number of sulfonamides is 1. The molecule has 0 saturated carbocycles. The van der Waals surface area contributed by atoms with Crippen LogP contribution in [0.2, 0.25) is 0 Å². The molecule has 100 valence electrons. The van der Waals surface area contributed by atoms with Gasteiger partial charge in [0.25, 0.3) is 0 Å². The summed E-state index contributed by atoms with van der Waals surface area (Å²) in [6, 6.07) is 0.696. The summed E-state index contributed by atoms with van der Waals surface area (Å²) in [5, 5.41) is 9.06. The van der Waals surface area contributed by atoms with Crippen molar-refractivity contribution in [3.8, 4) is 0 Å². The molecular formula is C11H15NO4S2. The molecule has 0 unspecified atom stereocenters. The van der Waals surface area contributed by atoms with Crippen molar-refractivity contribution in [2.45, 2.75) is 37.6 Å². The Hall–Kier alpha value is -0.920. The predicted molar refractivity (Wildman–Crippen MR) is 68.3 cm³/mol. The van der Waals surface area contributed by atoms with Crippen LogP contribution < -0.4 is 0 Å². The number of rotatable bonds is 3.